The van der Waals surface area contributed by atoms with E-state index in [1.165, 1.54) is 38.8 Å². The Labute approximate surface area is 349 Å². The summed E-state index contributed by atoms with van der Waals surface area (Å²) in [6, 6.07) is 12.0. The lowest BCUT2D eigenvalue weighted by molar-refractivity contribution is -0.886. The minimum Gasteiger partial charge on any atom is -0.426 e. The number of benzene rings is 2. The summed E-state index contributed by atoms with van der Waals surface area (Å²) in [5.74, 6) is 1.54. The molecule has 2 amide bonds. The van der Waals surface area contributed by atoms with Crippen LogP contribution in [0.25, 0.3) is 0 Å². The van der Waals surface area contributed by atoms with Crippen LogP contribution in [-0.4, -0.2) is 81.0 Å². The number of carbonyl (C=O) groups excluding carboxylic acids is 4. The number of likely N-dealkylation sites (tertiary alicyclic amines) is 2. The van der Waals surface area contributed by atoms with Gasteiger partial charge < -0.3 is 29.9 Å². The molecule has 10 nitrogen and oxygen atoms in total. The van der Waals surface area contributed by atoms with Gasteiger partial charge in [0.15, 0.2) is 0 Å². The van der Waals surface area contributed by atoms with E-state index in [0.29, 0.717) is 24.6 Å². The number of hydrogen-bond donors (Lipinski definition) is 3. The van der Waals surface area contributed by atoms with E-state index in [9.17, 15) is 19.2 Å². The number of rotatable bonds is 18. The minimum absolute atomic E-state index is 0. The minimum atomic E-state index is -0.348. The molecule has 2 saturated heterocycles. The van der Waals surface area contributed by atoms with Crippen LogP contribution in [0.3, 0.4) is 0 Å². The van der Waals surface area contributed by atoms with Crippen molar-refractivity contribution in [2.24, 2.45) is 0 Å². The highest BCUT2D eigenvalue weighted by Gasteiger charge is 2.21. The molecule has 2 aliphatic heterocycles. The third kappa shape index (κ3) is 17.5. The maximum Gasteiger partial charge on any atom is 0.311 e. The van der Waals surface area contributed by atoms with Gasteiger partial charge in [-0.2, -0.15) is 0 Å². The molecule has 0 aromatic heterocycles. The van der Waals surface area contributed by atoms with Crippen molar-refractivity contribution in [3.8, 4) is 11.5 Å². The molecule has 2 aliphatic rings. The number of para-hydroxylation sites is 2. The monoisotopic (exact) mass is 821 g/mol. The summed E-state index contributed by atoms with van der Waals surface area (Å²) >= 11 is 0. The third-order valence-electron chi connectivity index (χ3n) is 10.2. The fourth-order valence-corrected chi connectivity index (χ4v) is 7.00. The van der Waals surface area contributed by atoms with Crippen molar-refractivity contribution in [3.05, 3.63) is 58.7 Å². The topological polar surface area (TPSA) is 118 Å². The van der Waals surface area contributed by atoms with E-state index in [0.717, 1.165) is 48.4 Å². The normalized spacial score (nSPS) is 14.2. The molecule has 316 valence electrons. The Hall–Kier alpha value is -3.18. The molecule has 4 rings (SSSR count). The quantitative estimate of drug-likeness (QED) is 0.109. The number of hydrogen-bond acceptors (Lipinski definition) is 7. The second kappa shape index (κ2) is 26.7. The van der Waals surface area contributed by atoms with Crippen LogP contribution in [0.5, 0.6) is 11.5 Å². The van der Waals surface area contributed by atoms with Crippen LogP contribution in [0, 0.1) is 0 Å². The Kier molecular flexibility index (Phi) is 24.2. The number of ether oxygens (including phenoxy) is 2. The number of esters is 2. The summed E-state index contributed by atoms with van der Waals surface area (Å²) in [6.07, 6.45) is 5.60. The SMILES string of the molecule is CC(C)c1cccc(C(C)C)c1OC(=O)CCC(=O)NCCN1CCCC1.CC(C)c1cccc(C(C)C)c1OC(=O)CCC(=O)NCC[NH+]1CCCC1.Cl.Cl. The smallest absolute Gasteiger partial charge is 0.311 e. The van der Waals surface area contributed by atoms with Gasteiger partial charge in [0, 0.05) is 38.8 Å². The van der Waals surface area contributed by atoms with Gasteiger partial charge in [-0.3, -0.25) is 19.2 Å². The lowest BCUT2D eigenvalue weighted by Crippen LogP contribution is -3.10. The van der Waals surface area contributed by atoms with Crippen LogP contribution in [0.4, 0.5) is 0 Å². The first-order valence-corrected chi connectivity index (χ1v) is 20.5. The van der Waals surface area contributed by atoms with E-state index in [1.807, 2.05) is 36.4 Å². The predicted octanol–water partition coefficient (Wildman–Crippen LogP) is 7.09. The van der Waals surface area contributed by atoms with E-state index in [2.05, 4.69) is 70.9 Å². The van der Waals surface area contributed by atoms with E-state index in [-0.39, 0.29) is 97.9 Å². The molecule has 0 saturated carbocycles. The Balaban J connectivity index is 0.000000541. The third-order valence-corrected chi connectivity index (χ3v) is 10.2. The van der Waals surface area contributed by atoms with E-state index < -0.39 is 0 Å². The van der Waals surface area contributed by atoms with E-state index in [4.69, 9.17) is 9.47 Å². The molecule has 2 aromatic rings. The summed E-state index contributed by atoms with van der Waals surface area (Å²) < 4.78 is 11.4. The molecule has 0 bridgehead atoms. The Morgan fingerprint density at radius 3 is 1.34 bits per heavy atom. The number of carbonyl (C=O) groups is 4. The average molecular weight is 823 g/mol. The molecule has 2 heterocycles. The first-order chi connectivity index (χ1) is 25.8. The molecular weight excluding hydrogens is 751 g/mol. The van der Waals surface area contributed by atoms with Gasteiger partial charge in [0.05, 0.1) is 39.0 Å². The van der Waals surface area contributed by atoms with Crippen LogP contribution in [0.15, 0.2) is 36.4 Å². The van der Waals surface area contributed by atoms with Crippen molar-refractivity contribution in [2.75, 3.05) is 52.4 Å². The zero-order valence-electron chi connectivity index (χ0n) is 35.3. The van der Waals surface area contributed by atoms with Crippen LogP contribution >= 0.6 is 24.8 Å². The molecule has 2 aromatic carbocycles. The molecule has 2 fully saturated rings. The van der Waals surface area contributed by atoms with Crippen molar-refractivity contribution in [2.45, 2.75) is 130 Å². The lowest BCUT2D eigenvalue weighted by atomic mass is 9.94. The van der Waals surface area contributed by atoms with E-state index in [1.54, 1.807) is 4.90 Å². The molecule has 0 aliphatic carbocycles. The van der Waals surface area contributed by atoms with Gasteiger partial charge >= 0.3 is 11.9 Å². The predicted molar refractivity (Wildman–Crippen MR) is 230 cm³/mol. The van der Waals surface area contributed by atoms with Crippen molar-refractivity contribution in [1.82, 2.24) is 15.5 Å². The van der Waals surface area contributed by atoms with Gasteiger partial charge in [-0.15, -0.1) is 24.8 Å². The number of nitrogens with one attached hydrogen (secondary N) is 3. The second-order valence-electron chi connectivity index (χ2n) is 16.1. The average Bonchev–Trinajstić information content (AvgIpc) is 3.85. The largest absolute Gasteiger partial charge is 0.426 e. The standard InChI is InChI=1S/2C22H34N2O3.2ClH/c2*1-16(2)18-8-7-9-19(17(3)4)22(18)27-21(26)11-10-20(25)23-12-15-24-13-5-6-14-24;;/h2*7-9,16-17H,5-6,10-15H2,1-4H3,(H,23,25);2*1H/p+1. The molecule has 3 N–H and O–H groups in total. The number of quaternary nitrogens is 1. The Bertz CT molecular complexity index is 1340. The summed E-state index contributed by atoms with van der Waals surface area (Å²) in [6.45, 7) is 24.5. The molecular formula is C44H71Cl2N4O6+. The maximum atomic E-state index is 12.3. The summed E-state index contributed by atoms with van der Waals surface area (Å²) in [7, 11) is 0. The fourth-order valence-electron chi connectivity index (χ4n) is 7.00. The van der Waals surface area contributed by atoms with Gasteiger partial charge in [-0.25, -0.2) is 0 Å². The highest BCUT2D eigenvalue weighted by Crippen LogP contribution is 2.36. The van der Waals surface area contributed by atoms with Gasteiger partial charge in [0.1, 0.15) is 11.5 Å². The Morgan fingerprint density at radius 1 is 0.589 bits per heavy atom. The van der Waals surface area contributed by atoms with Crippen LogP contribution in [0.1, 0.15) is 153 Å². The summed E-state index contributed by atoms with van der Waals surface area (Å²) in [4.78, 5) is 52.6. The second-order valence-corrected chi connectivity index (χ2v) is 16.1. The first-order valence-electron chi connectivity index (χ1n) is 20.5. The van der Waals surface area contributed by atoms with Crippen molar-refractivity contribution in [3.63, 3.8) is 0 Å². The molecule has 0 radical (unpaired) electrons. The zero-order chi connectivity index (χ0) is 39.6. The van der Waals surface area contributed by atoms with Crippen molar-refractivity contribution < 1.29 is 33.6 Å². The summed E-state index contributed by atoms with van der Waals surface area (Å²) in [5, 5.41) is 5.82. The zero-order valence-corrected chi connectivity index (χ0v) is 36.9. The van der Waals surface area contributed by atoms with Crippen LogP contribution < -0.4 is 25.0 Å². The fraction of sp³-hybridized carbons (Fsp3) is 0.636. The molecule has 0 spiro atoms. The van der Waals surface area contributed by atoms with Crippen molar-refractivity contribution in [1.29, 1.82) is 0 Å². The lowest BCUT2D eigenvalue weighted by Gasteiger charge is -2.19. The number of halogens is 2. The van der Waals surface area contributed by atoms with Crippen LogP contribution in [-0.2, 0) is 19.2 Å². The highest BCUT2D eigenvalue weighted by atomic mass is 35.5. The van der Waals surface area contributed by atoms with Crippen molar-refractivity contribution >= 4 is 48.6 Å². The van der Waals surface area contributed by atoms with Gasteiger partial charge in [0.2, 0.25) is 11.8 Å². The maximum absolute atomic E-state index is 12.3. The summed E-state index contributed by atoms with van der Waals surface area (Å²) in [5.41, 5.74) is 4.13. The molecule has 12 heteroatoms. The molecule has 0 unspecified atom stereocenters. The Morgan fingerprint density at radius 2 is 0.964 bits per heavy atom. The number of nitrogens with zero attached hydrogens (tertiary/aromatic N) is 1. The first kappa shape index (κ1) is 50.8. The molecule has 56 heavy (non-hydrogen) atoms. The highest BCUT2D eigenvalue weighted by molar-refractivity contribution is 5.86. The van der Waals surface area contributed by atoms with E-state index >= 15 is 0 Å². The van der Waals surface area contributed by atoms with Gasteiger partial charge in [0.25, 0.3) is 0 Å². The number of amides is 2. The van der Waals surface area contributed by atoms with Gasteiger partial charge in [-0.1, -0.05) is 91.8 Å². The van der Waals surface area contributed by atoms with Crippen LogP contribution in [0.2, 0.25) is 0 Å². The molecule has 0 atom stereocenters. The van der Waals surface area contributed by atoms with Gasteiger partial charge in [-0.05, 0) is 71.9 Å².